The first-order valence-corrected chi connectivity index (χ1v) is 5.48. The van der Waals surface area contributed by atoms with E-state index in [1.54, 1.807) is 31.2 Å². The fraction of sp³-hybridized carbons (Fsp3) is 0.167. The van der Waals surface area contributed by atoms with Gasteiger partial charge in [0.1, 0.15) is 5.60 Å². The van der Waals surface area contributed by atoms with Gasteiger partial charge in [0.15, 0.2) is 0 Å². The van der Waals surface area contributed by atoms with Gasteiger partial charge in [0.25, 0.3) is 0 Å². The molecule has 2 nitrogen and oxygen atoms in total. The molecule has 0 bridgehead atoms. The third-order valence-electron chi connectivity index (χ3n) is 2.56. The maximum absolute atomic E-state index is 10.4. The van der Waals surface area contributed by atoms with Crippen LogP contribution in [0.2, 0.25) is 10.0 Å². The first-order chi connectivity index (χ1) is 7.53. The van der Waals surface area contributed by atoms with E-state index < -0.39 is 5.60 Å². The van der Waals surface area contributed by atoms with Crippen molar-refractivity contribution in [1.29, 1.82) is 0 Å². The Bertz CT molecular complexity index is 490. The molecule has 4 heteroatoms. The van der Waals surface area contributed by atoms with E-state index in [-0.39, 0.29) is 0 Å². The second-order valence-corrected chi connectivity index (χ2v) is 4.47. The molecule has 1 atom stereocenters. The highest BCUT2D eigenvalue weighted by Crippen LogP contribution is 2.37. The van der Waals surface area contributed by atoms with Crippen LogP contribution < -0.4 is 0 Å². The number of halogens is 2. The number of furan rings is 1. The number of hydrogen-bond donors (Lipinski definition) is 1. The van der Waals surface area contributed by atoms with Crippen LogP contribution in [0.4, 0.5) is 0 Å². The van der Waals surface area contributed by atoms with E-state index in [4.69, 9.17) is 27.6 Å². The van der Waals surface area contributed by atoms with E-state index in [0.29, 0.717) is 21.2 Å². The van der Waals surface area contributed by atoms with Crippen LogP contribution in [0.3, 0.4) is 0 Å². The van der Waals surface area contributed by atoms with Gasteiger partial charge in [-0.1, -0.05) is 35.3 Å². The van der Waals surface area contributed by atoms with Crippen LogP contribution in [-0.4, -0.2) is 5.11 Å². The van der Waals surface area contributed by atoms with E-state index in [1.807, 2.05) is 0 Å². The highest BCUT2D eigenvalue weighted by Gasteiger charge is 2.29. The summed E-state index contributed by atoms with van der Waals surface area (Å²) in [4.78, 5) is 0. The molecule has 2 aromatic rings. The molecule has 1 aromatic carbocycles. The number of aliphatic hydroxyl groups is 1. The lowest BCUT2D eigenvalue weighted by molar-refractivity contribution is 0.102. The summed E-state index contributed by atoms with van der Waals surface area (Å²) in [6, 6.07) is 6.86. The Morgan fingerprint density at radius 1 is 1.25 bits per heavy atom. The van der Waals surface area contributed by atoms with Crippen LogP contribution >= 0.6 is 23.2 Å². The molecule has 0 aliphatic rings. The highest BCUT2D eigenvalue weighted by atomic mass is 35.5. The van der Waals surface area contributed by atoms with Crippen molar-refractivity contribution < 1.29 is 9.52 Å². The molecular formula is C12H10Cl2O2. The van der Waals surface area contributed by atoms with Gasteiger partial charge >= 0.3 is 0 Å². The van der Waals surface area contributed by atoms with Crippen molar-refractivity contribution in [1.82, 2.24) is 0 Å². The number of benzene rings is 1. The Morgan fingerprint density at radius 2 is 2.00 bits per heavy atom. The molecule has 84 valence electrons. The van der Waals surface area contributed by atoms with Gasteiger partial charge in [-0.15, -0.1) is 0 Å². The van der Waals surface area contributed by atoms with Gasteiger partial charge in [0.2, 0.25) is 0 Å². The molecule has 0 aliphatic heterocycles. The van der Waals surface area contributed by atoms with E-state index in [1.165, 1.54) is 12.5 Å². The summed E-state index contributed by atoms with van der Waals surface area (Å²) in [6.45, 7) is 1.65. The van der Waals surface area contributed by atoms with Crippen molar-refractivity contribution in [2.45, 2.75) is 12.5 Å². The molecule has 1 N–H and O–H groups in total. The van der Waals surface area contributed by atoms with Gasteiger partial charge in [-0.05, 0) is 19.1 Å². The Kier molecular flexibility index (Phi) is 2.98. The molecule has 0 aliphatic carbocycles. The maximum atomic E-state index is 10.4. The minimum Gasteiger partial charge on any atom is -0.472 e. The summed E-state index contributed by atoms with van der Waals surface area (Å²) in [5, 5.41) is 11.2. The third-order valence-corrected chi connectivity index (χ3v) is 3.38. The molecule has 0 saturated carbocycles. The predicted molar refractivity (Wildman–Crippen MR) is 63.8 cm³/mol. The zero-order valence-electron chi connectivity index (χ0n) is 8.58. The largest absolute Gasteiger partial charge is 0.472 e. The van der Waals surface area contributed by atoms with Crippen molar-refractivity contribution in [3.63, 3.8) is 0 Å². The van der Waals surface area contributed by atoms with Gasteiger partial charge in [-0.2, -0.15) is 0 Å². The first-order valence-electron chi connectivity index (χ1n) is 4.73. The fourth-order valence-electron chi connectivity index (χ4n) is 1.58. The van der Waals surface area contributed by atoms with Gasteiger partial charge in [0, 0.05) is 11.1 Å². The summed E-state index contributed by atoms with van der Waals surface area (Å²) in [7, 11) is 0. The van der Waals surface area contributed by atoms with Crippen molar-refractivity contribution >= 4 is 23.2 Å². The van der Waals surface area contributed by atoms with Crippen LogP contribution in [0.15, 0.2) is 41.2 Å². The van der Waals surface area contributed by atoms with Crippen molar-refractivity contribution in [3.05, 3.63) is 58.0 Å². The van der Waals surface area contributed by atoms with Crippen molar-refractivity contribution in [2.75, 3.05) is 0 Å². The normalized spacial score (nSPS) is 14.8. The zero-order valence-corrected chi connectivity index (χ0v) is 10.1. The van der Waals surface area contributed by atoms with Crippen LogP contribution in [0.1, 0.15) is 18.1 Å². The van der Waals surface area contributed by atoms with Gasteiger partial charge in [-0.3, -0.25) is 0 Å². The van der Waals surface area contributed by atoms with E-state index >= 15 is 0 Å². The Labute approximate surface area is 103 Å². The van der Waals surface area contributed by atoms with E-state index in [0.717, 1.165) is 0 Å². The average molecular weight is 257 g/mol. The molecule has 0 amide bonds. The molecule has 2 rings (SSSR count). The SMILES string of the molecule is CC(O)(c1ccoc1)c1cccc(Cl)c1Cl. The van der Waals surface area contributed by atoms with Crippen molar-refractivity contribution in [3.8, 4) is 0 Å². The quantitative estimate of drug-likeness (QED) is 0.886. The van der Waals surface area contributed by atoms with Crippen LogP contribution in [0, 0.1) is 0 Å². The molecular weight excluding hydrogens is 247 g/mol. The fourth-order valence-corrected chi connectivity index (χ4v) is 2.06. The van der Waals surface area contributed by atoms with Crippen LogP contribution in [-0.2, 0) is 5.60 Å². The summed E-state index contributed by atoms with van der Waals surface area (Å²) in [5.41, 5.74) is -0.0191. The summed E-state index contributed by atoms with van der Waals surface area (Å²) in [5.74, 6) is 0. The minimum atomic E-state index is -1.21. The second kappa shape index (κ2) is 4.13. The summed E-state index contributed by atoms with van der Waals surface area (Å²) < 4.78 is 4.96. The lowest BCUT2D eigenvalue weighted by Gasteiger charge is -2.23. The van der Waals surface area contributed by atoms with E-state index in [2.05, 4.69) is 0 Å². The summed E-state index contributed by atoms with van der Waals surface area (Å²) in [6.07, 6.45) is 2.99. The molecule has 1 heterocycles. The third kappa shape index (κ3) is 1.84. The minimum absolute atomic E-state index is 0.357. The average Bonchev–Trinajstić information content (AvgIpc) is 2.75. The van der Waals surface area contributed by atoms with Gasteiger partial charge in [-0.25, -0.2) is 0 Å². The molecule has 0 spiro atoms. The number of hydrogen-bond acceptors (Lipinski definition) is 2. The van der Waals surface area contributed by atoms with Crippen LogP contribution in [0.25, 0.3) is 0 Å². The lowest BCUT2D eigenvalue weighted by Crippen LogP contribution is -2.22. The zero-order chi connectivity index (χ0) is 11.8. The number of rotatable bonds is 2. The topological polar surface area (TPSA) is 33.4 Å². The Hall–Kier alpha value is -0.960. The standard InChI is InChI=1S/C12H10Cl2O2/c1-12(15,8-5-6-16-7-8)9-3-2-4-10(13)11(9)14/h2-7,15H,1H3. The molecule has 0 saturated heterocycles. The predicted octanol–water partition coefficient (Wildman–Crippen LogP) is 3.84. The maximum Gasteiger partial charge on any atom is 0.116 e. The van der Waals surface area contributed by atoms with Gasteiger partial charge in [0.05, 0.1) is 22.6 Å². The molecule has 0 radical (unpaired) electrons. The van der Waals surface area contributed by atoms with Gasteiger partial charge < -0.3 is 9.52 Å². The molecule has 1 unspecified atom stereocenters. The molecule has 0 fully saturated rings. The Balaban J connectivity index is 2.56. The first kappa shape index (κ1) is 11.5. The highest BCUT2D eigenvalue weighted by molar-refractivity contribution is 6.42. The lowest BCUT2D eigenvalue weighted by atomic mass is 9.90. The Morgan fingerprint density at radius 3 is 2.62 bits per heavy atom. The van der Waals surface area contributed by atoms with Crippen LogP contribution in [0.5, 0.6) is 0 Å². The molecule has 1 aromatic heterocycles. The molecule has 16 heavy (non-hydrogen) atoms. The van der Waals surface area contributed by atoms with Crippen molar-refractivity contribution in [2.24, 2.45) is 0 Å². The van der Waals surface area contributed by atoms with E-state index in [9.17, 15) is 5.11 Å². The summed E-state index contributed by atoms with van der Waals surface area (Å²) >= 11 is 12.0. The second-order valence-electron chi connectivity index (χ2n) is 3.69. The smallest absolute Gasteiger partial charge is 0.116 e. The monoisotopic (exact) mass is 256 g/mol.